The average Bonchev–Trinajstić information content (AvgIpc) is 2.42. The van der Waals surface area contributed by atoms with Gasteiger partial charge in [-0.1, -0.05) is 13.8 Å². The standard InChI is InChI=1S/C15H23FN2O2/c1-3-5-17-10-12-7-13(16)9-14(8-12)20-11-15(19)18-6-4-2/h7-9,17H,3-6,10-11H2,1-2H3,(H,18,19). The molecule has 0 aliphatic rings. The van der Waals surface area contributed by atoms with E-state index >= 15 is 0 Å². The molecule has 0 heterocycles. The Morgan fingerprint density at radius 2 is 1.95 bits per heavy atom. The molecule has 2 N–H and O–H groups in total. The van der Waals surface area contributed by atoms with E-state index in [1.165, 1.54) is 12.1 Å². The van der Waals surface area contributed by atoms with Crippen LogP contribution in [0.1, 0.15) is 32.3 Å². The number of benzene rings is 1. The van der Waals surface area contributed by atoms with E-state index in [9.17, 15) is 9.18 Å². The second kappa shape index (κ2) is 9.31. The highest BCUT2D eigenvalue weighted by molar-refractivity contribution is 5.77. The third-order valence-corrected chi connectivity index (χ3v) is 2.63. The molecule has 0 unspecified atom stereocenters. The molecule has 0 aromatic heterocycles. The van der Waals surface area contributed by atoms with Crippen LogP contribution in [0.4, 0.5) is 4.39 Å². The van der Waals surface area contributed by atoms with Gasteiger partial charge in [-0.2, -0.15) is 0 Å². The summed E-state index contributed by atoms with van der Waals surface area (Å²) >= 11 is 0. The minimum atomic E-state index is -0.357. The largest absolute Gasteiger partial charge is 0.484 e. The summed E-state index contributed by atoms with van der Waals surface area (Å²) in [6.45, 7) is 6.05. The Bertz CT molecular complexity index is 424. The maximum absolute atomic E-state index is 13.5. The topological polar surface area (TPSA) is 50.4 Å². The van der Waals surface area contributed by atoms with Crippen LogP contribution in [0, 0.1) is 5.82 Å². The molecule has 20 heavy (non-hydrogen) atoms. The summed E-state index contributed by atoms with van der Waals surface area (Å²) in [7, 11) is 0. The maximum atomic E-state index is 13.5. The molecule has 0 fully saturated rings. The minimum Gasteiger partial charge on any atom is -0.484 e. The molecule has 1 amide bonds. The van der Waals surface area contributed by atoms with Crippen LogP contribution in [-0.2, 0) is 11.3 Å². The molecule has 1 aromatic carbocycles. The predicted octanol–water partition coefficient (Wildman–Crippen LogP) is 2.23. The van der Waals surface area contributed by atoms with E-state index in [1.54, 1.807) is 6.07 Å². The van der Waals surface area contributed by atoms with Gasteiger partial charge in [0.1, 0.15) is 11.6 Å². The van der Waals surface area contributed by atoms with Crippen molar-refractivity contribution in [3.63, 3.8) is 0 Å². The molecule has 0 aliphatic heterocycles. The summed E-state index contributed by atoms with van der Waals surface area (Å²) in [6.07, 6.45) is 1.90. The van der Waals surface area contributed by atoms with Gasteiger partial charge in [0.05, 0.1) is 0 Å². The van der Waals surface area contributed by atoms with Gasteiger partial charge in [-0.3, -0.25) is 4.79 Å². The summed E-state index contributed by atoms with van der Waals surface area (Å²) in [4.78, 5) is 11.4. The summed E-state index contributed by atoms with van der Waals surface area (Å²) in [5, 5.41) is 5.90. The third-order valence-electron chi connectivity index (χ3n) is 2.63. The molecule has 0 atom stereocenters. The van der Waals surface area contributed by atoms with E-state index in [0.29, 0.717) is 18.8 Å². The highest BCUT2D eigenvalue weighted by Gasteiger charge is 2.05. The number of carbonyl (C=O) groups is 1. The highest BCUT2D eigenvalue weighted by atomic mass is 19.1. The first-order valence-electron chi connectivity index (χ1n) is 7.05. The predicted molar refractivity (Wildman–Crippen MR) is 77.2 cm³/mol. The first kappa shape index (κ1) is 16.4. The fourth-order valence-corrected chi connectivity index (χ4v) is 1.68. The Labute approximate surface area is 119 Å². The number of hydrogen-bond donors (Lipinski definition) is 2. The van der Waals surface area contributed by atoms with Gasteiger partial charge in [-0.15, -0.1) is 0 Å². The van der Waals surface area contributed by atoms with Crippen molar-refractivity contribution in [1.29, 1.82) is 0 Å². The summed E-state index contributed by atoms with van der Waals surface area (Å²) in [5.41, 5.74) is 0.808. The van der Waals surface area contributed by atoms with E-state index in [4.69, 9.17) is 4.74 Å². The average molecular weight is 282 g/mol. The van der Waals surface area contributed by atoms with Crippen molar-refractivity contribution in [2.45, 2.75) is 33.2 Å². The fourth-order valence-electron chi connectivity index (χ4n) is 1.68. The Morgan fingerprint density at radius 3 is 2.65 bits per heavy atom. The summed E-state index contributed by atoms with van der Waals surface area (Å²) in [6, 6.07) is 4.50. The quantitative estimate of drug-likeness (QED) is 0.683. The van der Waals surface area contributed by atoms with Crippen LogP contribution < -0.4 is 15.4 Å². The van der Waals surface area contributed by atoms with Gasteiger partial charge < -0.3 is 15.4 Å². The van der Waals surface area contributed by atoms with Gasteiger partial charge in [0.25, 0.3) is 5.91 Å². The highest BCUT2D eigenvalue weighted by Crippen LogP contribution is 2.16. The molecule has 4 nitrogen and oxygen atoms in total. The maximum Gasteiger partial charge on any atom is 0.257 e. The van der Waals surface area contributed by atoms with Gasteiger partial charge >= 0.3 is 0 Å². The zero-order valence-corrected chi connectivity index (χ0v) is 12.2. The van der Waals surface area contributed by atoms with E-state index in [0.717, 1.165) is 24.9 Å². The number of ether oxygens (including phenoxy) is 1. The van der Waals surface area contributed by atoms with Gasteiger partial charge in [0.2, 0.25) is 0 Å². The molecule has 5 heteroatoms. The normalized spacial score (nSPS) is 10.3. The fraction of sp³-hybridized carbons (Fsp3) is 0.533. The Hall–Kier alpha value is -1.62. The van der Waals surface area contributed by atoms with Crippen LogP contribution >= 0.6 is 0 Å². The van der Waals surface area contributed by atoms with Gasteiger partial charge in [-0.05, 0) is 37.1 Å². The van der Waals surface area contributed by atoms with Crippen LogP contribution in [0.5, 0.6) is 5.75 Å². The number of halogens is 1. The zero-order chi connectivity index (χ0) is 14.8. The van der Waals surface area contributed by atoms with Crippen molar-refractivity contribution in [2.24, 2.45) is 0 Å². The number of hydrogen-bond acceptors (Lipinski definition) is 3. The van der Waals surface area contributed by atoms with Crippen LogP contribution in [0.3, 0.4) is 0 Å². The number of nitrogens with one attached hydrogen (secondary N) is 2. The molecule has 0 spiro atoms. The van der Waals surface area contributed by atoms with Crippen molar-refractivity contribution in [1.82, 2.24) is 10.6 Å². The lowest BCUT2D eigenvalue weighted by Gasteiger charge is -2.09. The second-order valence-corrected chi connectivity index (χ2v) is 4.61. The minimum absolute atomic E-state index is 0.0920. The lowest BCUT2D eigenvalue weighted by atomic mass is 10.2. The Balaban J connectivity index is 2.50. The van der Waals surface area contributed by atoms with Crippen molar-refractivity contribution >= 4 is 5.91 Å². The summed E-state index contributed by atoms with van der Waals surface area (Å²) < 4.78 is 18.8. The van der Waals surface area contributed by atoms with Crippen LogP contribution in [0.15, 0.2) is 18.2 Å². The molecule has 0 bridgehead atoms. The van der Waals surface area contributed by atoms with E-state index in [1.807, 2.05) is 6.92 Å². The molecule has 0 radical (unpaired) electrons. The van der Waals surface area contributed by atoms with Crippen molar-refractivity contribution < 1.29 is 13.9 Å². The number of carbonyl (C=O) groups excluding carboxylic acids is 1. The lowest BCUT2D eigenvalue weighted by molar-refractivity contribution is -0.123. The molecular weight excluding hydrogens is 259 g/mol. The Morgan fingerprint density at radius 1 is 1.20 bits per heavy atom. The first-order valence-corrected chi connectivity index (χ1v) is 7.05. The molecule has 1 rings (SSSR count). The lowest BCUT2D eigenvalue weighted by Crippen LogP contribution is -2.29. The molecule has 0 saturated carbocycles. The number of amides is 1. The van der Waals surface area contributed by atoms with E-state index in [2.05, 4.69) is 17.6 Å². The SMILES string of the molecule is CCCNCc1cc(F)cc(OCC(=O)NCCC)c1. The van der Waals surface area contributed by atoms with E-state index < -0.39 is 0 Å². The van der Waals surface area contributed by atoms with Gasteiger partial charge in [0, 0.05) is 19.2 Å². The molecule has 0 aliphatic carbocycles. The van der Waals surface area contributed by atoms with Crippen LogP contribution in [-0.4, -0.2) is 25.6 Å². The molecule has 1 aromatic rings. The van der Waals surface area contributed by atoms with Crippen molar-refractivity contribution in [3.8, 4) is 5.75 Å². The number of rotatable bonds is 9. The van der Waals surface area contributed by atoms with Gasteiger partial charge in [0.15, 0.2) is 6.61 Å². The third kappa shape index (κ3) is 6.52. The van der Waals surface area contributed by atoms with Gasteiger partial charge in [-0.25, -0.2) is 4.39 Å². The second-order valence-electron chi connectivity index (χ2n) is 4.61. The van der Waals surface area contributed by atoms with E-state index in [-0.39, 0.29) is 18.3 Å². The summed E-state index contributed by atoms with van der Waals surface area (Å²) in [5.74, 6) is -0.170. The van der Waals surface area contributed by atoms with Crippen LogP contribution in [0.25, 0.3) is 0 Å². The monoisotopic (exact) mass is 282 g/mol. The smallest absolute Gasteiger partial charge is 0.257 e. The first-order chi connectivity index (χ1) is 9.65. The zero-order valence-electron chi connectivity index (χ0n) is 12.2. The molecule has 0 saturated heterocycles. The molecule has 112 valence electrons. The Kier molecular flexibility index (Phi) is 7.65. The van der Waals surface area contributed by atoms with Crippen molar-refractivity contribution in [3.05, 3.63) is 29.6 Å². The molecular formula is C15H23FN2O2. The van der Waals surface area contributed by atoms with Crippen molar-refractivity contribution in [2.75, 3.05) is 19.7 Å². The van der Waals surface area contributed by atoms with Crippen LogP contribution in [0.2, 0.25) is 0 Å².